The van der Waals surface area contributed by atoms with Crippen molar-refractivity contribution in [3.8, 4) is 0 Å². The number of rotatable bonds is 4. The summed E-state index contributed by atoms with van der Waals surface area (Å²) in [6.07, 6.45) is 0. The predicted molar refractivity (Wildman–Crippen MR) is 99.8 cm³/mol. The molecule has 10 N–H and O–H groups in total. The van der Waals surface area contributed by atoms with Gasteiger partial charge in [0.1, 0.15) is 0 Å². The van der Waals surface area contributed by atoms with E-state index in [9.17, 15) is 0 Å². The molecule has 0 saturated carbocycles. The molecule has 29 heavy (non-hydrogen) atoms. The Labute approximate surface area is 217 Å². The minimum atomic E-state index is -0.833. The van der Waals surface area contributed by atoms with Gasteiger partial charge < -0.3 is 45.2 Å². The molecular formula is C14H35N3Na2O10. The average molecular weight is 451 g/mol. The Morgan fingerprint density at radius 2 is 0.690 bits per heavy atom. The van der Waals surface area contributed by atoms with Crippen molar-refractivity contribution in [2.24, 2.45) is 11.5 Å². The molecule has 0 aromatic heterocycles. The van der Waals surface area contributed by atoms with Crippen LogP contribution in [0.4, 0.5) is 0 Å². The predicted octanol–water partition coefficient (Wildman–Crippen LogP) is -6.82. The van der Waals surface area contributed by atoms with Gasteiger partial charge in [-0.3, -0.25) is 24.0 Å². The van der Waals surface area contributed by atoms with E-state index < -0.39 is 29.8 Å². The molecule has 0 fully saturated rings. The van der Waals surface area contributed by atoms with E-state index in [4.69, 9.17) is 61.0 Å². The average Bonchev–Trinajstić information content (AvgIpc) is 2.35. The van der Waals surface area contributed by atoms with Crippen molar-refractivity contribution in [3.63, 3.8) is 0 Å². The van der Waals surface area contributed by atoms with E-state index in [1.54, 1.807) is 0 Å². The Balaban J connectivity index is -0.0000000211. The zero-order chi connectivity index (χ0) is 23.4. The first-order valence-electron chi connectivity index (χ1n) is 7.16. The van der Waals surface area contributed by atoms with E-state index in [-0.39, 0.29) is 62.0 Å². The van der Waals surface area contributed by atoms with Crippen molar-refractivity contribution in [2.45, 2.75) is 34.6 Å². The molecule has 0 aromatic rings. The van der Waals surface area contributed by atoms with Crippen LogP contribution < -0.4 is 75.9 Å². The Bertz CT molecular complexity index is 304. The second-order valence-electron chi connectivity index (χ2n) is 3.92. The molecule has 0 saturated heterocycles. The van der Waals surface area contributed by atoms with Gasteiger partial charge in [-0.05, 0) is 0 Å². The third-order valence-corrected chi connectivity index (χ3v) is 0.642. The zero-order valence-corrected chi connectivity index (χ0v) is 22.3. The molecule has 0 radical (unpaired) electrons. The van der Waals surface area contributed by atoms with Crippen LogP contribution in [0.1, 0.15) is 37.5 Å². The fraction of sp³-hybridized carbons (Fsp3) is 0.643. The standard InChI is InChI=1S/C4H13N3.5C2H4O2.2Na.2H/c5-1-3-7-4-2-6;5*1-2(3)4;;;;/h7H,1-6H2;5*1H3,(H,3,4);;;;/q;;;;;;2*+1;2*-1. The zero-order valence-electron chi connectivity index (χ0n) is 20.3. The molecule has 0 aliphatic carbocycles. The Kier molecular flexibility index (Phi) is 89.4. The monoisotopic (exact) mass is 451 g/mol. The Hall–Kier alpha value is -0.770. The van der Waals surface area contributed by atoms with Crippen molar-refractivity contribution < 1.29 is 111 Å². The van der Waals surface area contributed by atoms with Crippen LogP contribution in [0.3, 0.4) is 0 Å². The minimum Gasteiger partial charge on any atom is -1.00 e. The summed E-state index contributed by atoms with van der Waals surface area (Å²) < 4.78 is 0. The molecule has 15 heteroatoms. The number of hydrogen-bond acceptors (Lipinski definition) is 8. The van der Waals surface area contributed by atoms with Crippen molar-refractivity contribution in [3.05, 3.63) is 0 Å². The van der Waals surface area contributed by atoms with Crippen LogP contribution in [0.25, 0.3) is 0 Å². The van der Waals surface area contributed by atoms with Crippen molar-refractivity contribution in [1.29, 1.82) is 0 Å². The normalized spacial score (nSPS) is 6.59. The fourth-order valence-corrected chi connectivity index (χ4v) is 0.329. The van der Waals surface area contributed by atoms with Gasteiger partial charge in [0, 0.05) is 60.8 Å². The molecule has 0 spiro atoms. The molecule has 13 nitrogen and oxygen atoms in total. The number of nitrogens with one attached hydrogen (secondary N) is 1. The van der Waals surface area contributed by atoms with Gasteiger partial charge >= 0.3 is 59.1 Å². The van der Waals surface area contributed by atoms with E-state index in [2.05, 4.69) is 5.32 Å². The van der Waals surface area contributed by atoms with E-state index in [1.165, 1.54) is 0 Å². The second-order valence-corrected chi connectivity index (χ2v) is 3.92. The fourth-order valence-electron chi connectivity index (χ4n) is 0.329. The van der Waals surface area contributed by atoms with Crippen LogP contribution in [-0.4, -0.2) is 81.6 Å². The van der Waals surface area contributed by atoms with Gasteiger partial charge in [0.05, 0.1) is 0 Å². The largest absolute Gasteiger partial charge is 1.00 e. The van der Waals surface area contributed by atoms with Gasteiger partial charge in [-0.25, -0.2) is 0 Å². The molecule has 168 valence electrons. The van der Waals surface area contributed by atoms with E-state index in [0.29, 0.717) is 13.1 Å². The van der Waals surface area contributed by atoms with Gasteiger partial charge in [0.25, 0.3) is 29.8 Å². The van der Waals surface area contributed by atoms with Crippen molar-refractivity contribution in [2.75, 3.05) is 26.2 Å². The smallest absolute Gasteiger partial charge is 1.00 e. The number of nitrogens with two attached hydrogens (primary N) is 2. The second kappa shape index (κ2) is 50.7. The van der Waals surface area contributed by atoms with Crippen molar-refractivity contribution in [1.82, 2.24) is 5.32 Å². The SMILES string of the molecule is CC(=O)O.CC(=O)O.CC(=O)O.CC(=O)O.CC(=O)O.NCCNCCN.[H-].[H-].[Na+].[Na+]. The number of hydrogen-bond donors (Lipinski definition) is 8. The summed E-state index contributed by atoms with van der Waals surface area (Å²) in [5.74, 6) is -4.17. The topological polar surface area (TPSA) is 251 Å². The first-order chi connectivity index (χ1) is 12.1. The maximum atomic E-state index is 9.00. The molecule has 0 aliphatic heterocycles. The number of aliphatic carboxylic acids is 5. The molecule has 0 heterocycles. The summed E-state index contributed by atoms with van der Waals surface area (Å²) in [4.78, 5) is 45.0. The molecule has 0 atom stereocenters. The molecule has 0 amide bonds. The summed E-state index contributed by atoms with van der Waals surface area (Å²) in [6.45, 7) is 8.55. The van der Waals surface area contributed by atoms with Crippen LogP contribution >= 0.6 is 0 Å². The van der Waals surface area contributed by atoms with Crippen LogP contribution in [0.2, 0.25) is 0 Å². The van der Waals surface area contributed by atoms with E-state index in [0.717, 1.165) is 47.7 Å². The molecule has 0 aliphatic rings. The van der Waals surface area contributed by atoms with Crippen LogP contribution in [0.15, 0.2) is 0 Å². The maximum absolute atomic E-state index is 9.00. The van der Waals surface area contributed by atoms with Crippen molar-refractivity contribution >= 4 is 29.8 Å². The summed E-state index contributed by atoms with van der Waals surface area (Å²) in [5.41, 5.74) is 10.3. The molecular weight excluding hydrogens is 416 g/mol. The number of carboxylic acid groups (broad SMARTS) is 5. The quantitative estimate of drug-likeness (QED) is 0.146. The molecule has 0 unspecified atom stereocenters. The Morgan fingerprint density at radius 3 is 0.759 bits per heavy atom. The van der Waals surface area contributed by atoms with Gasteiger partial charge in [0.15, 0.2) is 0 Å². The third kappa shape index (κ3) is 1660. The van der Waals surface area contributed by atoms with Gasteiger partial charge in [-0.1, -0.05) is 0 Å². The summed E-state index contributed by atoms with van der Waals surface area (Å²) in [5, 5.41) is 40.1. The number of carbonyl (C=O) groups is 5. The molecule has 0 bridgehead atoms. The van der Waals surface area contributed by atoms with E-state index in [1.807, 2.05) is 0 Å². The summed E-state index contributed by atoms with van der Waals surface area (Å²) in [6, 6.07) is 0. The van der Waals surface area contributed by atoms with Gasteiger partial charge in [-0.2, -0.15) is 0 Å². The van der Waals surface area contributed by atoms with Crippen LogP contribution in [0.5, 0.6) is 0 Å². The minimum absolute atomic E-state index is 0. The first kappa shape index (κ1) is 51.1. The number of carboxylic acids is 5. The molecule has 0 rings (SSSR count). The Morgan fingerprint density at radius 1 is 0.586 bits per heavy atom. The van der Waals surface area contributed by atoms with Gasteiger partial charge in [0.2, 0.25) is 0 Å². The first-order valence-corrected chi connectivity index (χ1v) is 7.16. The molecule has 0 aromatic carbocycles. The summed E-state index contributed by atoms with van der Waals surface area (Å²) in [7, 11) is 0. The van der Waals surface area contributed by atoms with Crippen LogP contribution in [-0.2, 0) is 24.0 Å². The maximum Gasteiger partial charge on any atom is 1.00 e. The summed E-state index contributed by atoms with van der Waals surface area (Å²) >= 11 is 0. The van der Waals surface area contributed by atoms with Gasteiger partial charge in [-0.15, -0.1) is 0 Å². The van der Waals surface area contributed by atoms with Crippen LogP contribution in [0, 0.1) is 0 Å². The third-order valence-electron chi connectivity index (χ3n) is 0.642. The van der Waals surface area contributed by atoms with E-state index >= 15 is 0 Å².